The number of rotatable bonds is 6. The number of hydrogen-bond donors (Lipinski definition) is 2. The predicted molar refractivity (Wildman–Crippen MR) is 80.6 cm³/mol. The van der Waals surface area contributed by atoms with Crippen LogP contribution in [0, 0.1) is 12.7 Å². The first-order valence-electron chi connectivity index (χ1n) is 7.13. The van der Waals surface area contributed by atoms with Gasteiger partial charge in [-0.1, -0.05) is 6.07 Å². The first-order valence-corrected chi connectivity index (χ1v) is 7.13. The number of aryl methyl sites for hydroxylation is 1. The molecule has 2 aromatic heterocycles. The molecule has 0 saturated carbocycles. The van der Waals surface area contributed by atoms with Gasteiger partial charge >= 0.3 is 0 Å². The highest BCUT2D eigenvalue weighted by molar-refractivity contribution is 5.45. The highest BCUT2D eigenvalue weighted by Crippen LogP contribution is 2.14. The summed E-state index contributed by atoms with van der Waals surface area (Å²) in [5.41, 5.74) is 2.04. The number of furan rings is 1. The van der Waals surface area contributed by atoms with Gasteiger partial charge in [0, 0.05) is 19.5 Å². The Bertz CT molecular complexity index is 736. The molecule has 2 heterocycles. The maximum absolute atomic E-state index is 13.0. The lowest BCUT2D eigenvalue weighted by Gasteiger charge is -2.07. The molecule has 2 N–H and O–H groups in total. The number of nitrogens with zero attached hydrogens (tertiary/aromatic N) is 2. The molecule has 0 spiro atoms. The molecule has 0 aliphatic carbocycles. The second-order valence-electron chi connectivity index (χ2n) is 5.08. The van der Waals surface area contributed by atoms with Crippen LogP contribution < -0.4 is 5.32 Å². The Hall–Kier alpha value is -2.47. The smallest absolute Gasteiger partial charge is 0.216 e. The lowest BCUT2D eigenvalue weighted by Crippen LogP contribution is -2.17. The van der Waals surface area contributed by atoms with Gasteiger partial charge in [0.1, 0.15) is 11.6 Å². The van der Waals surface area contributed by atoms with E-state index in [0.29, 0.717) is 18.1 Å². The lowest BCUT2D eigenvalue weighted by atomic mass is 10.1. The number of H-pyrrole nitrogens is 1. The standard InChI is InChI=1S/C16H17FN4O/c1-11-9-13(17)5-4-12(11)10-18-7-6-15-19-16(21-20-15)14-3-2-8-22-14/h2-5,8-9,18H,6-7,10H2,1H3,(H,19,20,21). The summed E-state index contributed by atoms with van der Waals surface area (Å²) in [5, 5.41) is 10.3. The molecule has 0 amide bonds. The van der Waals surface area contributed by atoms with Crippen LogP contribution >= 0.6 is 0 Å². The van der Waals surface area contributed by atoms with Crippen molar-refractivity contribution in [1.82, 2.24) is 20.5 Å². The number of aromatic nitrogens is 3. The van der Waals surface area contributed by atoms with E-state index in [1.807, 2.05) is 13.0 Å². The van der Waals surface area contributed by atoms with Gasteiger partial charge in [-0.2, -0.15) is 5.10 Å². The Morgan fingerprint density at radius 1 is 1.32 bits per heavy atom. The zero-order valence-corrected chi connectivity index (χ0v) is 12.3. The van der Waals surface area contributed by atoms with Crippen LogP contribution in [0.2, 0.25) is 0 Å². The van der Waals surface area contributed by atoms with Gasteiger partial charge in [-0.05, 0) is 42.3 Å². The second-order valence-corrected chi connectivity index (χ2v) is 5.08. The molecule has 0 fully saturated rings. The van der Waals surface area contributed by atoms with Crippen molar-refractivity contribution < 1.29 is 8.81 Å². The van der Waals surface area contributed by atoms with E-state index >= 15 is 0 Å². The first-order chi connectivity index (χ1) is 10.7. The Kier molecular flexibility index (Phi) is 4.29. The van der Waals surface area contributed by atoms with E-state index in [4.69, 9.17) is 4.42 Å². The molecule has 3 aromatic rings. The van der Waals surface area contributed by atoms with Crippen molar-refractivity contribution in [3.05, 3.63) is 59.4 Å². The monoisotopic (exact) mass is 300 g/mol. The van der Waals surface area contributed by atoms with E-state index in [0.717, 1.165) is 29.9 Å². The van der Waals surface area contributed by atoms with Gasteiger partial charge in [0.15, 0.2) is 5.76 Å². The van der Waals surface area contributed by atoms with E-state index in [1.165, 1.54) is 6.07 Å². The first kappa shape index (κ1) is 14.5. The summed E-state index contributed by atoms with van der Waals surface area (Å²) in [4.78, 5) is 4.38. The van der Waals surface area contributed by atoms with Gasteiger partial charge in [-0.15, -0.1) is 0 Å². The van der Waals surface area contributed by atoms with E-state index in [1.54, 1.807) is 24.5 Å². The highest BCUT2D eigenvalue weighted by Gasteiger charge is 2.07. The van der Waals surface area contributed by atoms with Gasteiger partial charge in [-0.25, -0.2) is 9.37 Å². The van der Waals surface area contributed by atoms with Crippen molar-refractivity contribution in [2.24, 2.45) is 0 Å². The Labute approximate surface area is 127 Å². The largest absolute Gasteiger partial charge is 0.461 e. The van der Waals surface area contributed by atoms with Crippen LogP contribution in [-0.2, 0) is 13.0 Å². The minimum absolute atomic E-state index is 0.201. The molecule has 1 aromatic carbocycles. The van der Waals surface area contributed by atoms with Crippen LogP contribution in [0.5, 0.6) is 0 Å². The van der Waals surface area contributed by atoms with Gasteiger partial charge < -0.3 is 9.73 Å². The minimum atomic E-state index is -0.201. The molecule has 0 bridgehead atoms. The highest BCUT2D eigenvalue weighted by atomic mass is 19.1. The average molecular weight is 300 g/mol. The van der Waals surface area contributed by atoms with E-state index in [-0.39, 0.29) is 5.82 Å². The van der Waals surface area contributed by atoms with Crippen LogP contribution in [0.3, 0.4) is 0 Å². The number of nitrogens with one attached hydrogen (secondary N) is 2. The van der Waals surface area contributed by atoms with Crippen molar-refractivity contribution >= 4 is 0 Å². The maximum atomic E-state index is 13.0. The summed E-state index contributed by atoms with van der Waals surface area (Å²) in [7, 11) is 0. The Morgan fingerprint density at radius 3 is 3.00 bits per heavy atom. The fraction of sp³-hybridized carbons (Fsp3) is 0.250. The van der Waals surface area contributed by atoms with Crippen molar-refractivity contribution in [1.29, 1.82) is 0 Å². The molecular weight excluding hydrogens is 283 g/mol. The van der Waals surface area contributed by atoms with E-state index in [2.05, 4.69) is 20.5 Å². The third-order valence-electron chi connectivity index (χ3n) is 3.43. The summed E-state index contributed by atoms with van der Waals surface area (Å²) in [6.45, 7) is 3.36. The molecule has 5 nitrogen and oxygen atoms in total. The van der Waals surface area contributed by atoms with E-state index in [9.17, 15) is 4.39 Å². The molecule has 3 rings (SSSR count). The fourth-order valence-corrected chi connectivity index (χ4v) is 2.21. The zero-order valence-electron chi connectivity index (χ0n) is 12.3. The van der Waals surface area contributed by atoms with Gasteiger partial charge in [0.25, 0.3) is 0 Å². The molecule has 0 aliphatic heterocycles. The second kappa shape index (κ2) is 6.53. The SMILES string of the molecule is Cc1cc(F)ccc1CNCCc1nc(-c2ccco2)n[nH]1. The van der Waals surface area contributed by atoms with E-state index < -0.39 is 0 Å². The molecule has 114 valence electrons. The predicted octanol–water partition coefficient (Wildman–Crippen LogP) is 2.84. The van der Waals surface area contributed by atoms with Gasteiger partial charge in [0.05, 0.1) is 6.26 Å². The lowest BCUT2D eigenvalue weighted by molar-refractivity contribution is 0.577. The molecule has 6 heteroatoms. The van der Waals surface area contributed by atoms with Crippen LogP contribution in [-0.4, -0.2) is 21.7 Å². The molecule has 0 saturated heterocycles. The maximum Gasteiger partial charge on any atom is 0.216 e. The normalized spacial score (nSPS) is 11.0. The average Bonchev–Trinajstić information content (AvgIpc) is 3.16. The summed E-state index contributed by atoms with van der Waals surface area (Å²) < 4.78 is 18.3. The third kappa shape index (κ3) is 3.40. The zero-order chi connectivity index (χ0) is 15.4. The molecule has 0 aliphatic rings. The summed E-state index contributed by atoms with van der Waals surface area (Å²) >= 11 is 0. The summed E-state index contributed by atoms with van der Waals surface area (Å²) in [6.07, 6.45) is 2.33. The Morgan fingerprint density at radius 2 is 2.23 bits per heavy atom. The summed E-state index contributed by atoms with van der Waals surface area (Å²) in [5.74, 6) is 1.81. The minimum Gasteiger partial charge on any atom is -0.461 e. The molecule has 0 unspecified atom stereocenters. The molecule has 22 heavy (non-hydrogen) atoms. The van der Waals surface area contributed by atoms with Crippen LogP contribution in [0.15, 0.2) is 41.0 Å². The molecule has 0 radical (unpaired) electrons. The third-order valence-corrected chi connectivity index (χ3v) is 3.43. The van der Waals surface area contributed by atoms with Crippen LogP contribution in [0.1, 0.15) is 17.0 Å². The number of halogens is 1. The number of aromatic amines is 1. The summed E-state index contributed by atoms with van der Waals surface area (Å²) in [6, 6.07) is 8.46. The van der Waals surface area contributed by atoms with Crippen molar-refractivity contribution in [3.63, 3.8) is 0 Å². The quantitative estimate of drug-likeness (QED) is 0.687. The molecule has 0 atom stereocenters. The van der Waals surface area contributed by atoms with Crippen LogP contribution in [0.4, 0.5) is 4.39 Å². The van der Waals surface area contributed by atoms with Crippen molar-refractivity contribution in [2.45, 2.75) is 19.9 Å². The van der Waals surface area contributed by atoms with Crippen molar-refractivity contribution in [2.75, 3.05) is 6.54 Å². The van der Waals surface area contributed by atoms with Gasteiger partial charge in [-0.3, -0.25) is 5.10 Å². The molecular formula is C16H17FN4O. The Balaban J connectivity index is 1.49. The fourth-order valence-electron chi connectivity index (χ4n) is 2.21. The van der Waals surface area contributed by atoms with Crippen LogP contribution in [0.25, 0.3) is 11.6 Å². The van der Waals surface area contributed by atoms with Crippen molar-refractivity contribution in [3.8, 4) is 11.6 Å². The topological polar surface area (TPSA) is 66.7 Å². The number of hydrogen-bond acceptors (Lipinski definition) is 4. The van der Waals surface area contributed by atoms with Gasteiger partial charge in [0.2, 0.25) is 5.82 Å². The number of benzene rings is 1.